The monoisotopic (exact) mass is 1740 g/mol. The Labute approximate surface area is 727 Å². The molecule has 0 radical (unpaired) electrons. The molecule has 3 aromatic carbocycles. The Hall–Kier alpha value is -11.1. The van der Waals surface area contributed by atoms with Gasteiger partial charge in [0.2, 0.25) is 47.3 Å². The summed E-state index contributed by atoms with van der Waals surface area (Å²) in [4.78, 5) is 172. The standard InChI is InChI=1S/C88H118N14O23/c1-6-70-86(113)98(4)72-55-91-87(97-81(72)102(70)66-14-7-8-15-66)94-69-26-19-62(54-73(69)115-5)82(109)93-64-22-24-65(25-23-64)99(35-39-116-36-10-9-12-61-13-11-16-67-68(61)57-101(85(67)112)71-27-28-75(104)96-83(71)110)88(114)125-58-60-17-20-63(21-18-60)92-77(106)56-90-84(111)80(59(2)3)95-76(105)32-37-117-40-42-119-44-46-121-48-50-123-52-53-124-51-49-122-47-45-120-43-41-118-38-33-89-74(103)31-34-100-78(107)29-30-79(100)108/h11,13,16-21,26,29-30,54-55,59,64-66,70-71,80H,6-8,10,14-15,22-25,27-28,31-53,56-58H2,1-5H3,(H,89,103)(H,90,111)(H,92,106)(H,93,109)(H,95,105)(H,91,94,97)(H,96,104,110)/t64-,65+,70-,71?,80?/m1/s1. The first-order chi connectivity index (χ1) is 60.7. The predicted octanol–water partition coefficient (Wildman–Crippen LogP) is 4.78. The Morgan fingerprint density at radius 1 is 0.680 bits per heavy atom. The molecule has 7 N–H and O–H groups in total. The number of likely N-dealkylation sites (N-methyl/N-ethyl adjacent to an activating group) is 1. The van der Waals surface area contributed by atoms with Gasteiger partial charge in [0.25, 0.3) is 23.6 Å². The number of carbonyl (C=O) groups excluding carboxylic acids is 12. The van der Waals surface area contributed by atoms with Crippen LogP contribution in [-0.2, 0) is 104 Å². The SMILES string of the molecule is CC[C@@H]1C(=O)N(C)c2cnc(Nc3ccc(C(=O)N[C@H]4CC[C@@H](N(CCOCCC#Cc5cccc6c5CN(C5CCC(=O)NC5=O)C6=O)C(=O)OCc5ccc(NC(=O)CNC(=O)C(NC(=O)CCOCCOCCOCCOCCOCCOCCOCCOCCNC(=O)CCN6C(=O)C=CC6=O)C(C)C)cc5)CC4)cc3OC)nc2N1C1CCCC1. The van der Waals surface area contributed by atoms with Gasteiger partial charge in [0.1, 0.15) is 36.2 Å². The molecule has 0 bridgehead atoms. The Kier molecular flexibility index (Phi) is 39.0. The highest BCUT2D eigenvalue weighted by molar-refractivity contribution is 6.13. The highest BCUT2D eigenvalue weighted by atomic mass is 16.6. The second-order valence-corrected chi connectivity index (χ2v) is 30.9. The van der Waals surface area contributed by atoms with E-state index in [9.17, 15) is 57.5 Å². The Morgan fingerprint density at radius 3 is 1.94 bits per heavy atom. The molecule has 5 heterocycles. The van der Waals surface area contributed by atoms with Gasteiger partial charge in [-0.2, -0.15) is 4.98 Å². The molecule has 2 saturated carbocycles. The molecule has 2 unspecified atom stereocenters. The summed E-state index contributed by atoms with van der Waals surface area (Å²) in [5.74, 6) is 3.39. The average Bonchev–Trinajstić information content (AvgIpc) is 0.985. The molecule has 10 rings (SSSR count). The molecule has 37 heteroatoms. The maximum Gasteiger partial charge on any atom is 0.410 e. The van der Waals surface area contributed by atoms with Crippen molar-refractivity contribution in [3.63, 3.8) is 0 Å². The minimum absolute atomic E-state index is 0.0123. The van der Waals surface area contributed by atoms with Gasteiger partial charge in [-0.15, -0.1) is 0 Å². The molecule has 678 valence electrons. The fraction of sp³-hybridized carbons (Fsp3) is 0.568. The lowest BCUT2D eigenvalue weighted by molar-refractivity contribution is -0.138. The Bertz CT molecular complexity index is 4400. The first kappa shape index (κ1) is 96.1. The molecule has 3 atom stereocenters. The number of fused-ring (bicyclic) bond motifs is 2. The van der Waals surface area contributed by atoms with Gasteiger partial charge in [0.15, 0.2) is 5.82 Å². The third kappa shape index (κ3) is 29.5. The summed E-state index contributed by atoms with van der Waals surface area (Å²) in [5, 5.41) is 19.6. The van der Waals surface area contributed by atoms with Crippen molar-refractivity contribution in [2.45, 2.75) is 160 Å². The van der Waals surface area contributed by atoms with Gasteiger partial charge in [0.05, 0.1) is 144 Å². The number of nitrogens with one attached hydrogen (secondary N) is 7. The molecule has 1 saturated heterocycles. The number of hydrogen-bond donors (Lipinski definition) is 7. The van der Waals surface area contributed by atoms with E-state index in [0.717, 1.165) is 30.6 Å². The second-order valence-electron chi connectivity index (χ2n) is 30.9. The maximum absolute atomic E-state index is 14.3. The van der Waals surface area contributed by atoms with Crippen LogP contribution in [0, 0.1) is 17.8 Å². The lowest BCUT2D eigenvalue weighted by Gasteiger charge is -2.43. The van der Waals surface area contributed by atoms with Crippen molar-refractivity contribution < 1.29 is 110 Å². The molecule has 2 aliphatic carbocycles. The van der Waals surface area contributed by atoms with Crippen LogP contribution in [-0.4, -0.2) is 291 Å². The van der Waals surface area contributed by atoms with Crippen molar-refractivity contribution in [2.24, 2.45) is 5.92 Å². The molecular formula is C88H118N14O23. The average molecular weight is 1740 g/mol. The Balaban J connectivity index is 0.589. The van der Waals surface area contributed by atoms with Crippen LogP contribution in [0.2, 0.25) is 0 Å². The van der Waals surface area contributed by atoms with Crippen LogP contribution in [0.1, 0.15) is 148 Å². The summed E-state index contributed by atoms with van der Waals surface area (Å²) in [5.41, 5.74) is 4.42. The van der Waals surface area contributed by atoms with Gasteiger partial charge in [-0.25, -0.2) is 9.78 Å². The van der Waals surface area contributed by atoms with Crippen molar-refractivity contribution in [1.29, 1.82) is 0 Å². The zero-order valence-electron chi connectivity index (χ0n) is 71.9. The van der Waals surface area contributed by atoms with Crippen LogP contribution in [0.3, 0.4) is 0 Å². The molecule has 0 spiro atoms. The first-order valence-corrected chi connectivity index (χ1v) is 43.0. The summed E-state index contributed by atoms with van der Waals surface area (Å²) in [6.07, 6.45) is 11.1. The summed E-state index contributed by atoms with van der Waals surface area (Å²) < 4.78 is 61.9. The number of carbonyl (C=O) groups is 12. The Morgan fingerprint density at radius 2 is 1.31 bits per heavy atom. The number of methoxy groups -OCH3 is 1. The molecule has 4 aliphatic heterocycles. The number of aromatic nitrogens is 2. The lowest BCUT2D eigenvalue weighted by Crippen LogP contribution is -2.55. The van der Waals surface area contributed by atoms with E-state index in [-0.39, 0.29) is 151 Å². The zero-order chi connectivity index (χ0) is 88.8. The van der Waals surface area contributed by atoms with Crippen LogP contribution >= 0.6 is 0 Å². The van der Waals surface area contributed by atoms with E-state index in [0.29, 0.717) is 193 Å². The van der Waals surface area contributed by atoms with Gasteiger partial charge in [-0.05, 0) is 111 Å². The van der Waals surface area contributed by atoms with E-state index in [1.807, 2.05) is 13.0 Å². The summed E-state index contributed by atoms with van der Waals surface area (Å²) in [6.45, 7) is 11.5. The topological polar surface area (TPSA) is 433 Å². The largest absolute Gasteiger partial charge is 0.495 e. The van der Waals surface area contributed by atoms with E-state index < -0.39 is 53.6 Å². The van der Waals surface area contributed by atoms with E-state index in [1.54, 1.807) is 91.5 Å². The minimum Gasteiger partial charge on any atom is -0.495 e. The fourth-order valence-electron chi connectivity index (χ4n) is 15.2. The summed E-state index contributed by atoms with van der Waals surface area (Å²) in [6, 6.07) is 14.7. The fourth-order valence-corrected chi connectivity index (χ4v) is 15.2. The molecule has 3 fully saturated rings. The van der Waals surface area contributed by atoms with Crippen molar-refractivity contribution in [3.05, 3.63) is 107 Å². The number of ether oxygens (including phenoxy) is 11. The van der Waals surface area contributed by atoms with Crippen molar-refractivity contribution in [2.75, 3.05) is 180 Å². The van der Waals surface area contributed by atoms with Gasteiger partial charge < -0.3 is 104 Å². The van der Waals surface area contributed by atoms with Crippen LogP contribution in [0.5, 0.6) is 5.75 Å². The third-order valence-electron chi connectivity index (χ3n) is 21.9. The van der Waals surface area contributed by atoms with Crippen molar-refractivity contribution >= 4 is 99.9 Å². The third-order valence-corrected chi connectivity index (χ3v) is 21.9. The number of nitrogens with zero attached hydrogens (tertiary/aromatic N) is 7. The van der Waals surface area contributed by atoms with Crippen molar-refractivity contribution in [1.82, 2.24) is 51.3 Å². The second kappa shape index (κ2) is 50.8. The van der Waals surface area contributed by atoms with Gasteiger partial charge in [-0.3, -0.25) is 63.0 Å². The van der Waals surface area contributed by atoms with E-state index >= 15 is 0 Å². The quantitative estimate of drug-likeness (QED) is 0.0178. The van der Waals surface area contributed by atoms with Crippen LogP contribution in [0.4, 0.5) is 33.6 Å². The zero-order valence-corrected chi connectivity index (χ0v) is 71.9. The molecule has 6 aliphatic rings. The number of anilines is 5. The summed E-state index contributed by atoms with van der Waals surface area (Å²) in [7, 11) is 3.27. The lowest BCUT2D eigenvalue weighted by atomic mass is 9.90. The van der Waals surface area contributed by atoms with Crippen LogP contribution in [0.15, 0.2) is 79.0 Å². The first-order valence-electron chi connectivity index (χ1n) is 43.0. The highest BCUT2D eigenvalue weighted by Gasteiger charge is 2.43. The number of benzene rings is 3. The van der Waals surface area contributed by atoms with Crippen LogP contribution in [0.25, 0.3) is 0 Å². The number of imide groups is 2. The molecule has 1 aromatic heterocycles. The molecule has 4 aromatic rings. The normalized spacial score (nSPS) is 17.7. The van der Waals surface area contributed by atoms with Crippen molar-refractivity contribution in [3.8, 4) is 17.6 Å². The van der Waals surface area contributed by atoms with E-state index in [1.165, 1.54) is 24.2 Å². The maximum atomic E-state index is 14.3. The highest BCUT2D eigenvalue weighted by Crippen LogP contribution is 2.41. The number of rotatable bonds is 52. The van der Waals surface area contributed by atoms with Gasteiger partial charge in [-0.1, -0.05) is 63.7 Å². The molecule has 125 heavy (non-hydrogen) atoms. The number of piperidine rings is 1. The molecular weight excluding hydrogens is 1620 g/mol. The van der Waals surface area contributed by atoms with E-state index in [2.05, 4.69) is 58.9 Å². The number of amides is 12. The van der Waals surface area contributed by atoms with Gasteiger partial charge in [0, 0.05) is 112 Å². The smallest absolute Gasteiger partial charge is 0.410 e. The van der Waals surface area contributed by atoms with Gasteiger partial charge >= 0.3 is 6.09 Å². The van der Waals surface area contributed by atoms with Crippen LogP contribution < -0.4 is 51.8 Å². The summed E-state index contributed by atoms with van der Waals surface area (Å²) >= 11 is 0. The molecule has 12 amide bonds. The predicted molar refractivity (Wildman–Crippen MR) is 455 cm³/mol. The number of hydrogen-bond acceptors (Lipinski definition) is 27. The molecule has 37 nitrogen and oxygen atoms in total. The minimum atomic E-state index is -0.928. The van der Waals surface area contributed by atoms with E-state index in [4.69, 9.17) is 57.1 Å².